The third-order valence-electron chi connectivity index (χ3n) is 2.40. The van der Waals surface area contributed by atoms with Crippen LogP contribution in [0.4, 0.5) is 0 Å². The number of hydrogen-bond donors (Lipinski definition) is 1. The SMILES string of the molecule is CSc1ccc(CN(CCO)C(=O)C(Cl)Cl)cc1. The van der Waals surface area contributed by atoms with Crippen molar-refractivity contribution in [1.82, 2.24) is 4.90 Å². The van der Waals surface area contributed by atoms with Gasteiger partial charge in [0.1, 0.15) is 0 Å². The fraction of sp³-hybridized carbons (Fsp3) is 0.417. The number of alkyl halides is 2. The lowest BCUT2D eigenvalue weighted by Gasteiger charge is -2.22. The molecule has 0 aliphatic rings. The Balaban J connectivity index is 2.73. The Bertz CT molecular complexity index is 384. The third kappa shape index (κ3) is 4.69. The van der Waals surface area contributed by atoms with E-state index in [1.165, 1.54) is 4.90 Å². The first-order valence-electron chi connectivity index (χ1n) is 5.39. The summed E-state index contributed by atoms with van der Waals surface area (Å²) < 4.78 is 0. The number of thioether (sulfide) groups is 1. The molecule has 1 amide bonds. The molecule has 0 aromatic heterocycles. The highest BCUT2D eigenvalue weighted by molar-refractivity contribution is 7.98. The molecule has 0 atom stereocenters. The fourth-order valence-electron chi connectivity index (χ4n) is 1.48. The summed E-state index contributed by atoms with van der Waals surface area (Å²) >= 11 is 12.8. The molecule has 0 fully saturated rings. The molecule has 18 heavy (non-hydrogen) atoms. The second-order valence-electron chi connectivity index (χ2n) is 3.63. The maximum atomic E-state index is 11.7. The minimum absolute atomic E-state index is 0.116. The van der Waals surface area contributed by atoms with E-state index in [2.05, 4.69) is 0 Å². The van der Waals surface area contributed by atoms with Gasteiger partial charge < -0.3 is 10.0 Å². The van der Waals surface area contributed by atoms with Crippen LogP contribution in [0.25, 0.3) is 0 Å². The van der Waals surface area contributed by atoms with Gasteiger partial charge in [-0.05, 0) is 24.0 Å². The zero-order chi connectivity index (χ0) is 13.5. The molecular weight excluding hydrogens is 293 g/mol. The molecule has 1 rings (SSSR count). The van der Waals surface area contributed by atoms with E-state index in [1.54, 1.807) is 11.8 Å². The summed E-state index contributed by atoms with van der Waals surface area (Å²) in [4.78, 5) is 13.2. The summed E-state index contributed by atoms with van der Waals surface area (Å²) in [7, 11) is 0. The summed E-state index contributed by atoms with van der Waals surface area (Å²) in [6.45, 7) is 0.498. The van der Waals surface area contributed by atoms with Gasteiger partial charge in [0, 0.05) is 18.0 Å². The molecule has 0 saturated carbocycles. The average molecular weight is 308 g/mol. The lowest BCUT2D eigenvalue weighted by molar-refractivity contribution is -0.130. The summed E-state index contributed by atoms with van der Waals surface area (Å²) in [5.74, 6) is -0.388. The van der Waals surface area contributed by atoms with Gasteiger partial charge in [-0.15, -0.1) is 11.8 Å². The van der Waals surface area contributed by atoms with Crippen LogP contribution in [-0.2, 0) is 11.3 Å². The van der Waals surface area contributed by atoms with Gasteiger partial charge in [0.15, 0.2) is 4.84 Å². The van der Waals surface area contributed by atoms with Crippen LogP contribution in [0.1, 0.15) is 5.56 Å². The molecule has 1 aromatic rings. The van der Waals surface area contributed by atoms with Gasteiger partial charge in [0.25, 0.3) is 5.91 Å². The maximum absolute atomic E-state index is 11.7. The molecule has 0 spiro atoms. The van der Waals surface area contributed by atoms with Gasteiger partial charge in [0.05, 0.1) is 6.61 Å². The standard InChI is InChI=1S/C12H15Cl2NO2S/c1-18-10-4-2-9(3-5-10)8-15(6-7-16)12(17)11(13)14/h2-5,11,16H,6-8H2,1H3. The van der Waals surface area contributed by atoms with E-state index in [0.717, 1.165) is 10.5 Å². The number of aliphatic hydroxyl groups excluding tert-OH is 1. The van der Waals surface area contributed by atoms with Crippen LogP contribution in [0.5, 0.6) is 0 Å². The Morgan fingerprint density at radius 3 is 2.44 bits per heavy atom. The summed E-state index contributed by atoms with van der Waals surface area (Å²) in [6.07, 6.45) is 2.00. The van der Waals surface area contributed by atoms with Crippen LogP contribution in [0.15, 0.2) is 29.2 Å². The van der Waals surface area contributed by atoms with Crippen molar-refractivity contribution in [3.8, 4) is 0 Å². The Kier molecular flexibility index (Phi) is 6.86. The van der Waals surface area contributed by atoms with Gasteiger partial charge in [-0.2, -0.15) is 0 Å². The zero-order valence-electron chi connectivity index (χ0n) is 9.97. The highest BCUT2D eigenvalue weighted by Gasteiger charge is 2.19. The van der Waals surface area contributed by atoms with Crippen molar-refractivity contribution in [2.75, 3.05) is 19.4 Å². The lowest BCUT2D eigenvalue weighted by Crippen LogP contribution is -2.36. The Hall–Kier alpha value is -0.420. The van der Waals surface area contributed by atoms with Crippen molar-refractivity contribution in [1.29, 1.82) is 0 Å². The number of benzene rings is 1. The van der Waals surface area contributed by atoms with Gasteiger partial charge in [-0.25, -0.2) is 0 Å². The Labute approximate surface area is 121 Å². The minimum Gasteiger partial charge on any atom is -0.395 e. The van der Waals surface area contributed by atoms with Gasteiger partial charge in [-0.3, -0.25) is 4.79 Å². The number of carbonyl (C=O) groups is 1. The predicted octanol–water partition coefficient (Wildman–Crippen LogP) is 2.53. The normalized spacial score (nSPS) is 10.7. The first kappa shape index (κ1) is 15.6. The molecule has 1 aromatic carbocycles. The van der Waals surface area contributed by atoms with Crippen molar-refractivity contribution in [3.05, 3.63) is 29.8 Å². The topological polar surface area (TPSA) is 40.5 Å². The molecule has 0 unspecified atom stereocenters. The number of aliphatic hydroxyl groups is 1. The van der Waals surface area contributed by atoms with Crippen LogP contribution >= 0.6 is 35.0 Å². The number of hydrogen-bond acceptors (Lipinski definition) is 3. The molecule has 0 aliphatic heterocycles. The van der Waals surface area contributed by atoms with Crippen LogP contribution in [0.3, 0.4) is 0 Å². The molecule has 0 radical (unpaired) electrons. The fourth-order valence-corrected chi connectivity index (χ4v) is 2.16. The maximum Gasteiger partial charge on any atom is 0.256 e. The first-order chi connectivity index (χ1) is 8.58. The first-order valence-corrected chi connectivity index (χ1v) is 7.49. The number of halogens is 2. The van der Waals surface area contributed by atoms with Crippen molar-refractivity contribution in [3.63, 3.8) is 0 Å². The molecule has 100 valence electrons. The Morgan fingerprint density at radius 1 is 1.39 bits per heavy atom. The van der Waals surface area contributed by atoms with E-state index < -0.39 is 4.84 Å². The van der Waals surface area contributed by atoms with E-state index in [0.29, 0.717) is 6.54 Å². The second kappa shape index (κ2) is 7.89. The lowest BCUT2D eigenvalue weighted by atomic mass is 10.2. The molecule has 3 nitrogen and oxygen atoms in total. The summed E-state index contributed by atoms with van der Waals surface area (Å²) in [5.41, 5.74) is 0.976. The average Bonchev–Trinajstić information content (AvgIpc) is 2.38. The monoisotopic (exact) mass is 307 g/mol. The highest BCUT2D eigenvalue weighted by Crippen LogP contribution is 2.17. The van der Waals surface area contributed by atoms with E-state index in [4.69, 9.17) is 28.3 Å². The predicted molar refractivity (Wildman–Crippen MR) is 76.2 cm³/mol. The van der Waals surface area contributed by atoms with E-state index in [-0.39, 0.29) is 19.1 Å². The third-order valence-corrected chi connectivity index (χ3v) is 3.52. The molecule has 0 aliphatic carbocycles. The highest BCUT2D eigenvalue weighted by atomic mass is 35.5. The van der Waals surface area contributed by atoms with Crippen LogP contribution in [0, 0.1) is 0 Å². The van der Waals surface area contributed by atoms with Crippen LogP contribution in [0.2, 0.25) is 0 Å². The smallest absolute Gasteiger partial charge is 0.256 e. The molecule has 0 bridgehead atoms. The summed E-state index contributed by atoms with van der Waals surface area (Å²) in [5, 5.41) is 8.94. The van der Waals surface area contributed by atoms with E-state index in [9.17, 15) is 4.79 Å². The van der Waals surface area contributed by atoms with E-state index >= 15 is 0 Å². The van der Waals surface area contributed by atoms with Crippen molar-refractivity contribution in [2.24, 2.45) is 0 Å². The summed E-state index contributed by atoms with van der Waals surface area (Å²) in [6, 6.07) is 7.86. The van der Waals surface area contributed by atoms with Gasteiger partial charge in [0.2, 0.25) is 0 Å². The number of rotatable bonds is 6. The van der Waals surface area contributed by atoms with Gasteiger partial charge >= 0.3 is 0 Å². The number of amides is 1. The van der Waals surface area contributed by atoms with E-state index in [1.807, 2.05) is 30.5 Å². The Morgan fingerprint density at radius 2 is 2.00 bits per heavy atom. The van der Waals surface area contributed by atoms with Crippen molar-refractivity contribution >= 4 is 40.9 Å². The molecular formula is C12H15Cl2NO2S. The van der Waals surface area contributed by atoms with Crippen LogP contribution in [-0.4, -0.2) is 40.2 Å². The second-order valence-corrected chi connectivity index (χ2v) is 5.61. The van der Waals surface area contributed by atoms with Crippen molar-refractivity contribution in [2.45, 2.75) is 16.3 Å². The molecule has 0 heterocycles. The van der Waals surface area contributed by atoms with Gasteiger partial charge in [-0.1, -0.05) is 35.3 Å². The number of carbonyl (C=O) groups excluding carboxylic acids is 1. The quantitative estimate of drug-likeness (QED) is 0.648. The molecule has 1 N–H and O–H groups in total. The number of nitrogens with zero attached hydrogens (tertiary/aromatic N) is 1. The molecule has 6 heteroatoms. The largest absolute Gasteiger partial charge is 0.395 e. The minimum atomic E-state index is -1.10. The van der Waals surface area contributed by atoms with Crippen molar-refractivity contribution < 1.29 is 9.90 Å². The zero-order valence-corrected chi connectivity index (χ0v) is 12.3. The van der Waals surface area contributed by atoms with Crippen LogP contribution < -0.4 is 0 Å². The molecule has 0 saturated heterocycles.